The van der Waals surface area contributed by atoms with Crippen molar-refractivity contribution in [2.45, 2.75) is 45.1 Å². The molecule has 2 rings (SSSR count). The van der Waals surface area contributed by atoms with E-state index < -0.39 is 0 Å². The molecule has 0 aromatic heterocycles. The second-order valence-corrected chi connectivity index (χ2v) is 5.50. The number of esters is 1. The number of hydrogen-bond acceptors (Lipinski definition) is 4. The highest BCUT2D eigenvalue weighted by molar-refractivity contribution is 5.96. The van der Waals surface area contributed by atoms with Gasteiger partial charge in [-0.3, -0.25) is 0 Å². The Morgan fingerprint density at radius 1 is 1.40 bits per heavy atom. The van der Waals surface area contributed by atoms with Crippen LogP contribution in [0.4, 0.5) is 11.4 Å². The van der Waals surface area contributed by atoms with E-state index in [1.165, 1.54) is 32.8 Å². The fraction of sp³-hybridized carbons (Fsp3) is 0.562. The molecule has 3 N–H and O–H groups in total. The van der Waals surface area contributed by atoms with E-state index in [1.807, 2.05) is 12.1 Å². The smallest absolute Gasteiger partial charge is 0.340 e. The molecule has 0 spiro atoms. The second-order valence-electron chi connectivity index (χ2n) is 5.50. The zero-order chi connectivity index (χ0) is 14.5. The van der Waals surface area contributed by atoms with Crippen LogP contribution in [0.5, 0.6) is 0 Å². The Hall–Kier alpha value is -1.71. The van der Waals surface area contributed by atoms with E-state index in [0.717, 1.165) is 12.1 Å². The van der Waals surface area contributed by atoms with E-state index in [2.05, 4.69) is 12.2 Å². The number of hydrogen-bond donors (Lipinski definition) is 2. The Kier molecular flexibility index (Phi) is 4.88. The predicted molar refractivity (Wildman–Crippen MR) is 81.9 cm³/mol. The Morgan fingerprint density at radius 2 is 2.15 bits per heavy atom. The molecule has 0 radical (unpaired) electrons. The SMILES string of the molecule is CCC1CCCCC1Nc1ccc(N)cc1C(=O)OC. The molecule has 1 fully saturated rings. The summed E-state index contributed by atoms with van der Waals surface area (Å²) in [5.41, 5.74) is 7.70. The Balaban J connectivity index is 2.21. The van der Waals surface area contributed by atoms with E-state index in [-0.39, 0.29) is 5.97 Å². The Labute approximate surface area is 120 Å². The first kappa shape index (κ1) is 14.7. The van der Waals surface area contributed by atoms with Crippen LogP contribution in [0.2, 0.25) is 0 Å². The number of nitrogens with two attached hydrogens (primary N) is 1. The van der Waals surface area contributed by atoms with Crippen LogP contribution in [0.15, 0.2) is 18.2 Å². The maximum atomic E-state index is 11.9. The van der Waals surface area contributed by atoms with E-state index in [1.54, 1.807) is 6.07 Å². The number of nitrogens with one attached hydrogen (secondary N) is 1. The monoisotopic (exact) mass is 276 g/mol. The van der Waals surface area contributed by atoms with Crippen LogP contribution in [0.3, 0.4) is 0 Å². The molecular formula is C16H24N2O2. The van der Waals surface area contributed by atoms with Crippen molar-refractivity contribution in [3.63, 3.8) is 0 Å². The Bertz CT molecular complexity index is 474. The number of ether oxygens (including phenoxy) is 1. The lowest BCUT2D eigenvalue weighted by atomic mass is 9.82. The van der Waals surface area contributed by atoms with E-state index in [9.17, 15) is 4.79 Å². The van der Waals surface area contributed by atoms with Crippen LogP contribution in [0.1, 0.15) is 49.4 Å². The van der Waals surface area contributed by atoms with Gasteiger partial charge in [-0.2, -0.15) is 0 Å². The fourth-order valence-corrected chi connectivity index (χ4v) is 3.05. The van der Waals surface area contributed by atoms with Gasteiger partial charge < -0.3 is 15.8 Å². The van der Waals surface area contributed by atoms with Gasteiger partial charge in [-0.15, -0.1) is 0 Å². The number of anilines is 2. The molecule has 0 aliphatic heterocycles. The minimum Gasteiger partial charge on any atom is -0.465 e. The fourth-order valence-electron chi connectivity index (χ4n) is 3.05. The van der Waals surface area contributed by atoms with Crippen LogP contribution < -0.4 is 11.1 Å². The van der Waals surface area contributed by atoms with Crippen molar-refractivity contribution in [1.82, 2.24) is 0 Å². The van der Waals surface area contributed by atoms with Gasteiger partial charge >= 0.3 is 5.97 Å². The van der Waals surface area contributed by atoms with Crippen molar-refractivity contribution in [2.75, 3.05) is 18.2 Å². The molecule has 1 aromatic rings. The maximum absolute atomic E-state index is 11.9. The number of rotatable bonds is 4. The molecule has 110 valence electrons. The zero-order valence-electron chi connectivity index (χ0n) is 12.3. The van der Waals surface area contributed by atoms with Crippen LogP contribution in [-0.2, 0) is 4.74 Å². The summed E-state index contributed by atoms with van der Waals surface area (Å²) in [6.07, 6.45) is 6.14. The lowest BCUT2D eigenvalue weighted by Crippen LogP contribution is -2.32. The van der Waals surface area contributed by atoms with Gasteiger partial charge in [0.1, 0.15) is 0 Å². The number of methoxy groups -OCH3 is 1. The highest BCUT2D eigenvalue weighted by Crippen LogP contribution is 2.31. The summed E-state index contributed by atoms with van der Waals surface area (Å²) < 4.78 is 4.84. The third-order valence-electron chi connectivity index (χ3n) is 4.22. The highest BCUT2D eigenvalue weighted by Gasteiger charge is 2.25. The summed E-state index contributed by atoms with van der Waals surface area (Å²) in [4.78, 5) is 11.9. The molecule has 1 aliphatic carbocycles. The molecule has 0 saturated heterocycles. The topological polar surface area (TPSA) is 64.3 Å². The van der Waals surface area contributed by atoms with Gasteiger partial charge in [-0.1, -0.05) is 26.2 Å². The third-order valence-corrected chi connectivity index (χ3v) is 4.22. The third kappa shape index (κ3) is 3.24. The van der Waals surface area contributed by atoms with Gasteiger partial charge in [0.05, 0.1) is 12.7 Å². The lowest BCUT2D eigenvalue weighted by Gasteiger charge is -2.32. The summed E-state index contributed by atoms with van der Waals surface area (Å²) >= 11 is 0. The molecule has 0 bridgehead atoms. The first-order valence-corrected chi connectivity index (χ1v) is 7.40. The van der Waals surface area contributed by atoms with Crippen molar-refractivity contribution in [3.05, 3.63) is 23.8 Å². The van der Waals surface area contributed by atoms with E-state index >= 15 is 0 Å². The van der Waals surface area contributed by atoms with Crippen molar-refractivity contribution in [2.24, 2.45) is 5.92 Å². The van der Waals surface area contributed by atoms with Gasteiger partial charge in [0.15, 0.2) is 0 Å². The standard InChI is InChI=1S/C16H24N2O2/c1-3-11-6-4-5-7-14(11)18-15-9-8-12(17)10-13(15)16(19)20-2/h8-11,14,18H,3-7,17H2,1-2H3. The second kappa shape index (κ2) is 6.64. The largest absolute Gasteiger partial charge is 0.465 e. The van der Waals surface area contributed by atoms with Gasteiger partial charge in [0.2, 0.25) is 0 Å². The quantitative estimate of drug-likeness (QED) is 0.653. The molecule has 4 nitrogen and oxygen atoms in total. The number of benzene rings is 1. The van der Waals surface area contributed by atoms with Gasteiger partial charge in [-0.05, 0) is 37.0 Å². The summed E-state index contributed by atoms with van der Waals surface area (Å²) in [5, 5.41) is 3.54. The maximum Gasteiger partial charge on any atom is 0.340 e. The summed E-state index contributed by atoms with van der Waals surface area (Å²) in [5.74, 6) is 0.329. The molecule has 0 amide bonds. The van der Waals surface area contributed by atoms with Crippen molar-refractivity contribution < 1.29 is 9.53 Å². The average molecular weight is 276 g/mol. The highest BCUT2D eigenvalue weighted by atomic mass is 16.5. The van der Waals surface area contributed by atoms with Gasteiger partial charge in [0, 0.05) is 17.4 Å². The molecule has 1 aliphatic rings. The molecule has 0 heterocycles. The summed E-state index contributed by atoms with van der Waals surface area (Å²) in [6.45, 7) is 2.23. The molecule has 1 saturated carbocycles. The number of carbonyl (C=O) groups is 1. The minimum absolute atomic E-state index is 0.344. The number of carbonyl (C=O) groups excluding carboxylic acids is 1. The molecule has 20 heavy (non-hydrogen) atoms. The van der Waals surface area contributed by atoms with Crippen LogP contribution >= 0.6 is 0 Å². The van der Waals surface area contributed by atoms with E-state index in [0.29, 0.717) is 23.2 Å². The van der Waals surface area contributed by atoms with Gasteiger partial charge in [-0.25, -0.2) is 4.79 Å². The molecule has 2 atom stereocenters. The normalized spacial score (nSPS) is 22.3. The van der Waals surface area contributed by atoms with Crippen molar-refractivity contribution in [1.29, 1.82) is 0 Å². The summed E-state index contributed by atoms with van der Waals surface area (Å²) in [6, 6.07) is 5.81. The molecular weight excluding hydrogens is 252 g/mol. The average Bonchev–Trinajstić information content (AvgIpc) is 2.48. The predicted octanol–water partition coefficient (Wildman–Crippen LogP) is 3.44. The molecule has 2 unspecified atom stereocenters. The van der Waals surface area contributed by atoms with Gasteiger partial charge in [0.25, 0.3) is 0 Å². The number of nitrogen functional groups attached to an aromatic ring is 1. The first-order valence-electron chi connectivity index (χ1n) is 7.40. The minimum atomic E-state index is -0.344. The summed E-state index contributed by atoms with van der Waals surface area (Å²) in [7, 11) is 1.39. The van der Waals surface area contributed by atoms with Crippen molar-refractivity contribution >= 4 is 17.3 Å². The molecule has 4 heteroatoms. The van der Waals surface area contributed by atoms with Crippen molar-refractivity contribution in [3.8, 4) is 0 Å². The van der Waals surface area contributed by atoms with E-state index in [4.69, 9.17) is 10.5 Å². The van der Waals surface area contributed by atoms with Crippen LogP contribution in [0.25, 0.3) is 0 Å². The van der Waals surface area contributed by atoms with Crippen LogP contribution in [0, 0.1) is 5.92 Å². The van der Waals surface area contributed by atoms with Crippen LogP contribution in [-0.4, -0.2) is 19.1 Å². The Morgan fingerprint density at radius 3 is 2.85 bits per heavy atom. The molecule has 1 aromatic carbocycles. The lowest BCUT2D eigenvalue weighted by molar-refractivity contribution is 0.0601. The first-order chi connectivity index (χ1) is 9.65. The zero-order valence-corrected chi connectivity index (χ0v) is 12.3.